The lowest BCUT2D eigenvalue weighted by molar-refractivity contribution is -0.0331. The van der Waals surface area contributed by atoms with E-state index in [1.807, 2.05) is 24.6 Å². The van der Waals surface area contributed by atoms with Crippen LogP contribution in [0.5, 0.6) is 0 Å². The molecule has 6 heteroatoms. The lowest BCUT2D eigenvalue weighted by Gasteiger charge is -2.33. The average Bonchev–Trinajstić information content (AvgIpc) is 2.83. The molecule has 1 aliphatic rings. The summed E-state index contributed by atoms with van der Waals surface area (Å²) in [7, 11) is 0. The standard InChI is InChI=1S/C18H24FN3O2/c1-13-17(14(2)22(20-13)6-8-23)11-21-7-9-24-18(12-21)15-4-3-5-16(19)10-15/h3-5,10,18,23H,6-9,11-12H2,1-2H3. The minimum Gasteiger partial charge on any atom is -0.394 e. The molecule has 1 aromatic heterocycles. The molecule has 2 aromatic rings. The van der Waals surface area contributed by atoms with Crippen LogP contribution in [0.1, 0.15) is 28.6 Å². The maximum absolute atomic E-state index is 13.4. The third-order valence-electron chi connectivity index (χ3n) is 4.60. The average molecular weight is 333 g/mol. The number of aromatic nitrogens is 2. The SMILES string of the molecule is Cc1nn(CCO)c(C)c1CN1CCOC(c2cccc(F)c2)C1. The Balaban J connectivity index is 1.72. The molecular weight excluding hydrogens is 309 g/mol. The summed E-state index contributed by atoms with van der Waals surface area (Å²) >= 11 is 0. The Bertz CT molecular complexity index is 702. The van der Waals surface area contributed by atoms with Crippen molar-refractivity contribution in [2.75, 3.05) is 26.3 Å². The predicted molar refractivity (Wildman–Crippen MR) is 89.2 cm³/mol. The van der Waals surface area contributed by atoms with Gasteiger partial charge in [-0.25, -0.2) is 4.39 Å². The molecule has 0 bridgehead atoms. The third kappa shape index (κ3) is 3.66. The number of hydrogen-bond acceptors (Lipinski definition) is 4. The fourth-order valence-corrected chi connectivity index (χ4v) is 3.25. The van der Waals surface area contributed by atoms with Gasteiger partial charge in [0.1, 0.15) is 5.82 Å². The fraction of sp³-hybridized carbons (Fsp3) is 0.500. The maximum Gasteiger partial charge on any atom is 0.123 e. The topological polar surface area (TPSA) is 50.5 Å². The number of aryl methyl sites for hydroxylation is 1. The Morgan fingerprint density at radius 1 is 1.38 bits per heavy atom. The number of nitrogens with zero attached hydrogens (tertiary/aromatic N) is 3. The molecule has 1 N–H and O–H groups in total. The number of aliphatic hydroxyl groups excluding tert-OH is 1. The molecule has 0 aliphatic carbocycles. The number of ether oxygens (including phenoxy) is 1. The second kappa shape index (κ2) is 7.42. The van der Waals surface area contributed by atoms with Crippen molar-refractivity contribution in [1.29, 1.82) is 0 Å². The van der Waals surface area contributed by atoms with Crippen molar-refractivity contribution < 1.29 is 14.2 Å². The van der Waals surface area contributed by atoms with E-state index in [2.05, 4.69) is 10.00 Å². The van der Waals surface area contributed by atoms with E-state index in [0.717, 1.165) is 36.6 Å². The first-order valence-electron chi connectivity index (χ1n) is 8.31. The lowest BCUT2D eigenvalue weighted by atomic mass is 10.1. The number of rotatable bonds is 5. The van der Waals surface area contributed by atoms with Crippen LogP contribution in [0.2, 0.25) is 0 Å². The number of benzene rings is 1. The molecule has 24 heavy (non-hydrogen) atoms. The highest BCUT2D eigenvalue weighted by Gasteiger charge is 2.24. The number of aliphatic hydroxyl groups is 1. The van der Waals surface area contributed by atoms with E-state index in [-0.39, 0.29) is 18.5 Å². The molecule has 1 unspecified atom stereocenters. The fourth-order valence-electron chi connectivity index (χ4n) is 3.25. The number of morpholine rings is 1. The van der Waals surface area contributed by atoms with Gasteiger partial charge in [-0.05, 0) is 31.5 Å². The van der Waals surface area contributed by atoms with Gasteiger partial charge in [-0.3, -0.25) is 9.58 Å². The number of halogens is 1. The summed E-state index contributed by atoms with van der Waals surface area (Å²) in [6, 6.07) is 6.63. The van der Waals surface area contributed by atoms with E-state index in [1.54, 1.807) is 12.1 Å². The molecule has 5 nitrogen and oxygen atoms in total. The zero-order valence-corrected chi connectivity index (χ0v) is 14.2. The highest BCUT2D eigenvalue weighted by Crippen LogP contribution is 2.25. The normalized spacial score (nSPS) is 18.9. The van der Waals surface area contributed by atoms with Crippen LogP contribution in [0, 0.1) is 19.7 Å². The Hall–Kier alpha value is -1.76. The van der Waals surface area contributed by atoms with Gasteiger partial charge in [-0.1, -0.05) is 12.1 Å². The molecule has 0 amide bonds. The quantitative estimate of drug-likeness (QED) is 0.911. The molecule has 1 aliphatic heterocycles. The van der Waals surface area contributed by atoms with Crippen molar-refractivity contribution in [2.24, 2.45) is 0 Å². The largest absolute Gasteiger partial charge is 0.394 e. The van der Waals surface area contributed by atoms with Crippen LogP contribution in [0.3, 0.4) is 0 Å². The maximum atomic E-state index is 13.4. The Morgan fingerprint density at radius 2 is 2.21 bits per heavy atom. The molecule has 2 heterocycles. The molecule has 130 valence electrons. The van der Waals surface area contributed by atoms with Gasteiger partial charge < -0.3 is 9.84 Å². The predicted octanol–water partition coefficient (Wildman–Crippen LogP) is 2.20. The zero-order chi connectivity index (χ0) is 17.1. The van der Waals surface area contributed by atoms with E-state index in [0.29, 0.717) is 13.2 Å². The van der Waals surface area contributed by atoms with E-state index in [9.17, 15) is 4.39 Å². The molecule has 3 rings (SSSR count). The first kappa shape index (κ1) is 17.1. The van der Waals surface area contributed by atoms with Crippen LogP contribution in [0.25, 0.3) is 0 Å². The van der Waals surface area contributed by atoms with Gasteiger partial charge >= 0.3 is 0 Å². The van der Waals surface area contributed by atoms with Crippen molar-refractivity contribution in [3.63, 3.8) is 0 Å². The van der Waals surface area contributed by atoms with Crippen LogP contribution >= 0.6 is 0 Å². The highest BCUT2D eigenvalue weighted by molar-refractivity contribution is 5.25. The van der Waals surface area contributed by atoms with Gasteiger partial charge in [-0.15, -0.1) is 0 Å². The summed E-state index contributed by atoms with van der Waals surface area (Å²) < 4.78 is 21.1. The molecule has 1 fully saturated rings. The summed E-state index contributed by atoms with van der Waals surface area (Å²) in [5.41, 5.74) is 4.16. The van der Waals surface area contributed by atoms with Crippen molar-refractivity contribution >= 4 is 0 Å². The Kier molecular flexibility index (Phi) is 5.28. The van der Waals surface area contributed by atoms with Gasteiger partial charge in [0.2, 0.25) is 0 Å². The monoisotopic (exact) mass is 333 g/mol. The van der Waals surface area contributed by atoms with E-state index >= 15 is 0 Å². The Labute approximate surface area is 141 Å². The summed E-state index contributed by atoms with van der Waals surface area (Å²) in [6.45, 7) is 7.63. The third-order valence-corrected chi connectivity index (χ3v) is 4.60. The molecule has 1 saturated heterocycles. The molecule has 1 aromatic carbocycles. The van der Waals surface area contributed by atoms with Gasteiger partial charge in [0.05, 0.1) is 31.6 Å². The van der Waals surface area contributed by atoms with Gasteiger partial charge in [0.15, 0.2) is 0 Å². The highest BCUT2D eigenvalue weighted by atomic mass is 19.1. The van der Waals surface area contributed by atoms with Gasteiger partial charge in [-0.2, -0.15) is 5.10 Å². The second-order valence-corrected chi connectivity index (χ2v) is 6.25. The molecule has 0 radical (unpaired) electrons. The zero-order valence-electron chi connectivity index (χ0n) is 14.2. The van der Waals surface area contributed by atoms with Crippen LogP contribution in [-0.2, 0) is 17.8 Å². The van der Waals surface area contributed by atoms with Gasteiger partial charge in [0.25, 0.3) is 0 Å². The smallest absolute Gasteiger partial charge is 0.123 e. The van der Waals surface area contributed by atoms with E-state index in [1.165, 1.54) is 11.6 Å². The van der Waals surface area contributed by atoms with E-state index in [4.69, 9.17) is 9.84 Å². The van der Waals surface area contributed by atoms with Gasteiger partial charge in [0, 0.05) is 30.9 Å². The van der Waals surface area contributed by atoms with Crippen LogP contribution in [0.4, 0.5) is 4.39 Å². The first-order chi connectivity index (χ1) is 11.6. The summed E-state index contributed by atoms with van der Waals surface area (Å²) in [5.74, 6) is -0.231. The second-order valence-electron chi connectivity index (χ2n) is 6.25. The molecule has 0 saturated carbocycles. The minimum absolute atomic E-state index is 0.0839. The van der Waals surface area contributed by atoms with Crippen molar-refractivity contribution in [2.45, 2.75) is 33.0 Å². The lowest BCUT2D eigenvalue weighted by Crippen LogP contribution is -2.38. The first-order valence-corrected chi connectivity index (χ1v) is 8.31. The summed E-state index contributed by atoms with van der Waals surface area (Å²) in [4.78, 5) is 2.32. The van der Waals surface area contributed by atoms with Crippen molar-refractivity contribution in [1.82, 2.24) is 14.7 Å². The molecular formula is C18H24FN3O2. The van der Waals surface area contributed by atoms with Crippen LogP contribution in [-0.4, -0.2) is 46.1 Å². The summed E-state index contributed by atoms with van der Waals surface area (Å²) in [6.07, 6.45) is -0.109. The van der Waals surface area contributed by atoms with Crippen molar-refractivity contribution in [3.8, 4) is 0 Å². The minimum atomic E-state index is -0.231. The van der Waals surface area contributed by atoms with Crippen LogP contribution < -0.4 is 0 Å². The molecule has 0 spiro atoms. The molecule has 1 atom stereocenters. The van der Waals surface area contributed by atoms with Crippen molar-refractivity contribution in [3.05, 3.63) is 52.6 Å². The van der Waals surface area contributed by atoms with E-state index < -0.39 is 0 Å². The van der Waals surface area contributed by atoms with Crippen LogP contribution in [0.15, 0.2) is 24.3 Å². The number of hydrogen-bond donors (Lipinski definition) is 1. The summed E-state index contributed by atoms with van der Waals surface area (Å²) in [5, 5.41) is 13.6. The Morgan fingerprint density at radius 3 is 2.96 bits per heavy atom.